The molecule has 1 N–H and O–H groups in total. The Kier molecular flexibility index (Phi) is 4.99. The molecular weight excluding hydrogens is 346 g/mol. The first-order valence-electron chi connectivity index (χ1n) is 9.91. The summed E-state index contributed by atoms with van der Waals surface area (Å²) in [5, 5.41) is 11.1. The Balaban J connectivity index is 1.62. The van der Waals surface area contributed by atoms with Crippen molar-refractivity contribution in [3.63, 3.8) is 0 Å². The van der Waals surface area contributed by atoms with Gasteiger partial charge in [-0.1, -0.05) is 0 Å². The fourth-order valence-corrected chi connectivity index (χ4v) is 4.85. The maximum atomic E-state index is 11.1. The number of likely N-dealkylation sites (N-methyl/N-ethyl adjacent to an activating group) is 1. The minimum atomic E-state index is -0.373. The Morgan fingerprint density at radius 3 is 2.93 bits per heavy atom. The molecule has 150 valence electrons. The lowest BCUT2D eigenvalue weighted by Gasteiger charge is -2.41. The predicted octanol–water partition coefficient (Wildman–Crippen LogP) is 2.91. The molecule has 0 bridgehead atoms. The Morgan fingerprint density at radius 1 is 1.37 bits per heavy atom. The van der Waals surface area contributed by atoms with Crippen molar-refractivity contribution >= 4 is 0 Å². The van der Waals surface area contributed by atoms with Crippen LogP contribution < -0.4 is 14.2 Å². The van der Waals surface area contributed by atoms with Crippen molar-refractivity contribution in [2.75, 3.05) is 34.1 Å². The lowest BCUT2D eigenvalue weighted by Crippen LogP contribution is -2.41. The van der Waals surface area contributed by atoms with Crippen LogP contribution in [0.25, 0.3) is 0 Å². The summed E-state index contributed by atoms with van der Waals surface area (Å²) < 4.78 is 22.9. The summed E-state index contributed by atoms with van der Waals surface area (Å²) in [6.07, 6.45) is 3.04. The van der Waals surface area contributed by atoms with Gasteiger partial charge in [-0.15, -0.1) is 0 Å². The third-order valence-electron chi connectivity index (χ3n) is 6.29. The van der Waals surface area contributed by atoms with Crippen LogP contribution in [0.2, 0.25) is 0 Å². The molecule has 0 spiro atoms. The number of fused-ring (bicyclic) bond motifs is 2. The highest BCUT2D eigenvalue weighted by molar-refractivity contribution is 5.61. The van der Waals surface area contributed by atoms with Crippen LogP contribution in [0, 0.1) is 5.92 Å². The summed E-state index contributed by atoms with van der Waals surface area (Å²) in [7, 11) is 3.80. The van der Waals surface area contributed by atoms with Crippen molar-refractivity contribution in [1.82, 2.24) is 4.90 Å². The van der Waals surface area contributed by atoms with Gasteiger partial charge in [0.05, 0.1) is 18.8 Å². The summed E-state index contributed by atoms with van der Waals surface area (Å²) >= 11 is 0. The molecule has 0 amide bonds. The zero-order chi connectivity index (χ0) is 19.2. The molecule has 3 aliphatic heterocycles. The first kappa shape index (κ1) is 18.8. The van der Waals surface area contributed by atoms with Gasteiger partial charge >= 0.3 is 0 Å². The minimum absolute atomic E-state index is 0.0964. The van der Waals surface area contributed by atoms with Gasteiger partial charge in [-0.25, -0.2) is 0 Å². The maximum Gasteiger partial charge on any atom is 0.231 e. The van der Waals surface area contributed by atoms with E-state index in [4.69, 9.17) is 18.9 Å². The molecule has 6 heteroatoms. The van der Waals surface area contributed by atoms with Gasteiger partial charge < -0.3 is 24.1 Å². The Morgan fingerprint density at radius 2 is 2.19 bits per heavy atom. The summed E-state index contributed by atoms with van der Waals surface area (Å²) in [5.41, 5.74) is 2.21. The van der Waals surface area contributed by atoms with E-state index in [2.05, 4.69) is 31.9 Å². The highest BCUT2D eigenvalue weighted by Gasteiger charge is 2.38. The third-order valence-corrected chi connectivity index (χ3v) is 6.29. The van der Waals surface area contributed by atoms with Crippen molar-refractivity contribution in [2.24, 2.45) is 5.92 Å². The molecule has 0 saturated carbocycles. The molecule has 3 aliphatic rings. The van der Waals surface area contributed by atoms with Gasteiger partial charge in [0, 0.05) is 24.8 Å². The number of hydrogen-bond acceptors (Lipinski definition) is 6. The normalized spacial score (nSPS) is 27.9. The van der Waals surface area contributed by atoms with Crippen LogP contribution >= 0.6 is 0 Å². The van der Waals surface area contributed by atoms with E-state index in [1.54, 1.807) is 7.11 Å². The zero-order valence-corrected chi connectivity index (χ0v) is 16.8. The van der Waals surface area contributed by atoms with E-state index < -0.39 is 0 Å². The molecule has 1 aromatic rings. The monoisotopic (exact) mass is 377 g/mol. The third kappa shape index (κ3) is 3.50. The smallest absolute Gasteiger partial charge is 0.231 e. The van der Waals surface area contributed by atoms with Crippen molar-refractivity contribution < 1.29 is 24.1 Å². The standard InChI is InChI=1S/C21H31NO5/c1-21(2)11-14(6-8-27-21)16(23)10-15-18-13(5-7-22(15)3)9-17-19(20(18)24-4)26-12-25-17/h9,14-16,23H,5-8,10-12H2,1-4H3/t14-,15-,16-/m1/s1. The van der Waals surface area contributed by atoms with Crippen LogP contribution in [0.5, 0.6) is 17.2 Å². The number of ether oxygens (including phenoxy) is 4. The first-order valence-corrected chi connectivity index (χ1v) is 9.91. The fraction of sp³-hybridized carbons (Fsp3) is 0.714. The zero-order valence-electron chi connectivity index (χ0n) is 16.8. The number of benzene rings is 1. The van der Waals surface area contributed by atoms with E-state index >= 15 is 0 Å². The van der Waals surface area contributed by atoms with E-state index in [-0.39, 0.29) is 30.5 Å². The molecule has 0 aliphatic carbocycles. The molecule has 4 rings (SSSR count). The number of aliphatic hydroxyl groups is 1. The highest BCUT2D eigenvalue weighted by Crippen LogP contribution is 2.50. The van der Waals surface area contributed by atoms with E-state index in [0.29, 0.717) is 18.8 Å². The molecule has 3 atom stereocenters. The van der Waals surface area contributed by atoms with Crippen LogP contribution in [0.15, 0.2) is 6.07 Å². The second-order valence-electron chi connectivity index (χ2n) is 8.63. The van der Waals surface area contributed by atoms with Crippen LogP contribution in [0.1, 0.15) is 50.3 Å². The number of rotatable bonds is 4. The van der Waals surface area contributed by atoms with Crippen LogP contribution in [-0.2, 0) is 11.2 Å². The second kappa shape index (κ2) is 7.15. The van der Waals surface area contributed by atoms with Crippen LogP contribution in [-0.4, -0.2) is 55.8 Å². The van der Waals surface area contributed by atoms with E-state index in [9.17, 15) is 5.11 Å². The van der Waals surface area contributed by atoms with Gasteiger partial charge in [-0.3, -0.25) is 4.90 Å². The molecule has 0 radical (unpaired) electrons. The maximum absolute atomic E-state index is 11.1. The van der Waals surface area contributed by atoms with Crippen LogP contribution in [0.4, 0.5) is 0 Å². The molecule has 6 nitrogen and oxygen atoms in total. The lowest BCUT2D eigenvalue weighted by molar-refractivity contribution is -0.0987. The molecule has 1 fully saturated rings. The van der Waals surface area contributed by atoms with Crippen molar-refractivity contribution in [3.05, 3.63) is 17.2 Å². The van der Waals surface area contributed by atoms with Gasteiger partial charge in [0.25, 0.3) is 0 Å². The van der Waals surface area contributed by atoms with Gasteiger partial charge in [0.15, 0.2) is 11.5 Å². The minimum Gasteiger partial charge on any atom is -0.492 e. The second-order valence-corrected chi connectivity index (χ2v) is 8.63. The lowest BCUT2D eigenvalue weighted by atomic mass is 9.80. The first-order chi connectivity index (χ1) is 12.9. The number of methoxy groups -OCH3 is 1. The summed E-state index contributed by atoms with van der Waals surface area (Å²) in [4.78, 5) is 2.32. The molecule has 3 heterocycles. The topological polar surface area (TPSA) is 60.4 Å². The predicted molar refractivity (Wildman–Crippen MR) is 102 cm³/mol. The Labute approximate surface area is 161 Å². The summed E-state index contributed by atoms with van der Waals surface area (Å²) in [6, 6.07) is 2.18. The Bertz CT molecular complexity index is 704. The fourth-order valence-electron chi connectivity index (χ4n) is 4.85. The van der Waals surface area contributed by atoms with Gasteiger partial charge in [-0.2, -0.15) is 0 Å². The highest BCUT2D eigenvalue weighted by atomic mass is 16.7. The SMILES string of the molecule is COc1c2c(cc3c1[C@@H](C[C@@H](O)[C@@H]1CCOC(C)(C)C1)N(C)CC3)OCO2. The van der Waals surface area contributed by atoms with Crippen molar-refractivity contribution in [3.8, 4) is 17.2 Å². The largest absolute Gasteiger partial charge is 0.492 e. The van der Waals surface area contributed by atoms with Gasteiger partial charge in [0.1, 0.15) is 0 Å². The quantitative estimate of drug-likeness (QED) is 0.871. The summed E-state index contributed by atoms with van der Waals surface area (Å²) in [5.74, 6) is 2.47. The molecule has 1 aromatic carbocycles. The van der Waals surface area contributed by atoms with Gasteiger partial charge in [-0.05, 0) is 64.1 Å². The van der Waals surface area contributed by atoms with Crippen LogP contribution in [0.3, 0.4) is 0 Å². The molecular formula is C21H31NO5. The van der Waals surface area contributed by atoms with E-state index in [0.717, 1.165) is 42.9 Å². The molecule has 27 heavy (non-hydrogen) atoms. The average Bonchev–Trinajstić information content (AvgIpc) is 3.09. The molecule has 0 aromatic heterocycles. The number of hydrogen-bond donors (Lipinski definition) is 1. The molecule has 0 unspecified atom stereocenters. The summed E-state index contributed by atoms with van der Waals surface area (Å²) in [6.45, 7) is 6.12. The van der Waals surface area contributed by atoms with Gasteiger partial charge in [0.2, 0.25) is 12.5 Å². The number of aliphatic hydroxyl groups excluding tert-OH is 1. The average molecular weight is 377 g/mol. The van der Waals surface area contributed by atoms with Crippen molar-refractivity contribution in [1.29, 1.82) is 0 Å². The van der Waals surface area contributed by atoms with E-state index in [1.807, 2.05) is 0 Å². The Hall–Kier alpha value is -1.50. The van der Waals surface area contributed by atoms with Crippen molar-refractivity contribution in [2.45, 2.75) is 57.3 Å². The number of nitrogens with zero attached hydrogens (tertiary/aromatic N) is 1. The molecule has 1 saturated heterocycles. The van der Waals surface area contributed by atoms with E-state index in [1.165, 1.54) is 5.56 Å².